The Hall–Kier alpha value is -0.0800. The van der Waals surface area contributed by atoms with Crippen molar-refractivity contribution < 1.29 is 4.74 Å². The maximum absolute atomic E-state index is 5.66. The lowest BCUT2D eigenvalue weighted by atomic mass is 9.96. The van der Waals surface area contributed by atoms with E-state index >= 15 is 0 Å². The molecular formula is C9H17NO. The fourth-order valence-corrected chi connectivity index (χ4v) is 2.32. The minimum Gasteiger partial charge on any atom is -0.378 e. The summed E-state index contributed by atoms with van der Waals surface area (Å²) in [5.74, 6) is 0.741. The second-order valence-corrected chi connectivity index (χ2v) is 4.14. The first kappa shape index (κ1) is 7.56. The number of nitrogens with two attached hydrogens (primary N) is 1. The Morgan fingerprint density at radius 2 is 2.45 bits per heavy atom. The van der Waals surface area contributed by atoms with E-state index in [0.717, 1.165) is 19.1 Å². The average Bonchev–Trinajstić information content (AvgIpc) is 2.55. The van der Waals surface area contributed by atoms with Crippen LogP contribution in [0.1, 0.15) is 26.2 Å². The first-order valence-corrected chi connectivity index (χ1v) is 4.59. The number of rotatable bonds is 2. The first-order valence-electron chi connectivity index (χ1n) is 4.59. The van der Waals surface area contributed by atoms with E-state index in [4.69, 9.17) is 10.5 Å². The van der Waals surface area contributed by atoms with Gasteiger partial charge in [0.15, 0.2) is 0 Å². The third kappa shape index (κ3) is 1.09. The van der Waals surface area contributed by atoms with Gasteiger partial charge in [0.05, 0.1) is 6.10 Å². The Bertz CT molecular complexity index is 154. The van der Waals surface area contributed by atoms with E-state index in [-0.39, 0.29) is 0 Å². The summed E-state index contributed by atoms with van der Waals surface area (Å²) >= 11 is 0. The lowest BCUT2D eigenvalue weighted by Gasteiger charge is -2.18. The fraction of sp³-hybridized carbons (Fsp3) is 1.00. The molecule has 64 valence electrons. The molecular weight excluding hydrogens is 138 g/mol. The topological polar surface area (TPSA) is 35.2 Å². The quantitative estimate of drug-likeness (QED) is 0.649. The van der Waals surface area contributed by atoms with Crippen LogP contribution in [-0.4, -0.2) is 19.3 Å². The van der Waals surface area contributed by atoms with Crippen LogP contribution >= 0.6 is 0 Å². The summed E-state index contributed by atoms with van der Waals surface area (Å²) in [6.45, 7) is 4.13. The van der Waals surface area contributed by atoms with Crippen LogP contribution in [-0.2, 0) is 4.74 Å². The number of hydrogen-bond acceptors (Lipinski definition) is 2. The molecule has 0 aromatic rings. The van der Waals surface area contributed by atoms with Crippen LogP contribution in [0.15, 0.2) is 0 Å². The molecule has 0 amide bonds. The molecule has 2 fully saturated rings. The lowest BCUT2D eigenvalue weighted by Crippen LogP contribution is -2.22. The molecule has 0 aromatic heterocycles. The predicted molar refractivity (Wildman–Crippen MR) is 44.2 cm³/mol. The molecule has 0 aromatic carbocycles. The monoisotopic (exact) mass is 155 g/mol. The Morgan fingerprint density at radius 3 is 2.91 bits per heavy atom. The summed E-state index contributed by atoms with van der Waals surface area (Å²) in [5.41, 5.74) is 6.07. The van der Waals surface area contributed by atoms with Gasteiger partial charge in [-0.2, -0.15) is 0 Å². The van der Waals surface area contributed by atoms with Crippen molar-refractivity contribution in [1.82, 2.24) is 0 Å². The molecule has 1 aliphatic carbocycles. The molecule has 2 aliphatic rings. The molecule has 3 unspecified atom stereocenters. The molecule has 3 atom stereocenters. The molecule has 0 radical (unpaired) electrons. The van der Waals surface area contributed by atoms with Gasteiger partial charge in [-0.3, -0.25) is 0 Å². The van der Waals surface area contributed by atoms with E-state index < -0.39 is 0 Å². The zero-order chi connectivity index (χ0) is 7.90. The molecule has 2 heteroatoms. The van der Waals surface area contributed by atoms with Crippen molar-refractivity contribution in [3.8, 4) is 0 Å². The summed E-state index contributed by atoms with van der Waals surface area (Å²) in [7, 11) is 0. The maximum Gasteiger partial charge on any atom is 0.0632 e. The van der Waals surface area contributed by atoms with Gasteiger partial charge in [0.1, 0.15) is 0 Å². The summed E-state index contributed by atoms with van der Waals surface area (Å²) in [4.78, 5) is 0. The van der Waals surface area contributed by atoms with Gasteiger partial charge in [0, 0.05) is 6.61 Å². The Kier molecular flexibility index (Phi) is 1.69. The highest BCUT2D eigenvalue weighted by molar-refractivity contribution is 5.05. The minimum absolute atomic E-state index is 0.450. The van der Waals surface area contributed by atoms with Crippen LogP contribution in [0.4, 0.5) is 0 Å². The van der Waals surface area contributed by atoms with E-state index in [2.05, 4.69) is 6.92 Å². The SMILES string of the molecule is CC1(C2CCCO2)CC1CN. The zero-order valence-electron chi connectivity index (χ0n) is 7.18. The molecule has 1 saturated heterocycles. The smallest absolute Gasteiger partial charge is 0.0632 e. The highest BCUT2D eigenvalue weighted by atomic mass is 16.5. The summed E-state index contributed by atoms with van der Waals surface area (Å²) < 4.78 is 5.66. The number of hydrogen-bond donors (Lipinski definition) is 1. The fourth-order valence-electron chi connectivity index (χ4n) is 2.32. The summed E-state index contributed by atoms with van der Waals surface area (Å²) in [5, 5.41) is 0. The van der Waals surface area contributed by atoms with Gasteiger partial charge >= 0.3 is 0 Å². The van der Waals surface area contributed by atoms with Crippen LogP contribution in [0.5, 0.6) is 0 Å². The average molecular weight is 155 g/mol. The Balaban J connectivity index is 1.94. The van der Waals surface area contributed by atoms with Crippen molar-refractivity contribution in [3.05, 3.63) is 0 Å². The third-order valence-corrected chi connectivity index (χ3v) is 3.41. The van der Waals surface area contributed by atoms with Crippen LogP contribution in [0.2, 0.25) is 0 Å². The molecule has 1 heterocycles. The second-order valence-electron chi connectivity index (χ2n) is 4.14. The largest absolute Gasteiger partial charge is 0.378 e. The van der Waals surface area contributed by atoms with Crippen molar-refractivity contribution in [2.75, 3.05) is 13.2 Å². The molecule has 11 heavy (non-hydrogen) atoms. The van der Waals surface area contributed by atoms with Gasteiger partial charge in [-0.25, -0.2) is 0 Å². The molecule has 0 spiro atoms. The molecule has 2 N–H and O–H groups in total. The van der Waals surface area contributed by atoms with Gasteiger partial charge < -0.3 is 10.5 Å². The lowest BCUT2D eigenvalue weighted by molar-refractivity contribution is 0.0524. The molecule has 1 saturated carbocycles. The highest BCUT2D eigenvalue weighted by Gasteiger charge is 2.55. The second kappa shape index (κ2) is 2.46. The number of ether oxygens (including phenoxy) is 1. The van der Waals surface area contributed by atoms with Crippen LogP contribution < -0.4 is 5.73 Å². The zero-order valence-corrected chi connectivity index (χ0v) is 7.18. The molecule has 1 aliphatic heterocycles. The van der Waals surface area contributed by atoms with Crippen molar-refractivity contribution in [3.63, 3.8) is 0 Å². The Labute approximate surface area is 68.1 Å². The van der Waals surface area contributed by atoms with E-state index in [1.807, 2.05) is 0 Å². The van der Waals surface area contributed by atoms with Gasteiger partial charge in [-0.1, -0.05) is 6.92 Å². The molecule has 2 nitrogen and oxygen atoms in total. The van der Waals surface area contributed by atoms with Crippen LogP contribution in [0, 0.1) is 11.3 Å². The van der Waals surface area contributed by atoms with Crippen LogP contribution in [0.3, 0.4) is 0 Å². The molecule has 0 bridgehead atoms. The van der Waals surface area contributed by atoms with Crippen molar-refractivity contribution >= 4 is 0 Å². The van der Waals surface area contributed by atoms with E-state index in [1.54, 1.807) is 0 Å². The predicted octanol–water partition coefficient (Wildman–Crippen LogP) is 1.15. The van der Waals surface area contributed by atoms with Gasteiger partial charge in [-0.15, -0.1) is 0 Å². The maximum atomic E-state index is 5.66. The van der Waals surface area contributed by atoms with Crippen LogP contribution in [0.25, 0.3) is 0 Å². The van der Waals surface area contributed by atoms with Crippen molar-refractivity contribution in [2.45, 2.75) is 32.3 Å². The Morgan fingerprint density at radius 1 is 1.64 bits per heavy atom. The normalized spacial score (nSPS) is 49.6. The standard InChI is InChI=1S/C9H17NO/c1-9(5-7(9)6-10)8-3-2-4-11-8/h7-8H,2-6,10H2,1H3. The first-order chi connectivity index (χ1) is 5.27. The highest BCUT2D eigenvalue weighted by Crippen LogP contribution is 2.57. The third-order valence-electron chi connectivity index (χ3n) is 3.41. The van der Waals surface area contributed by atoms with Gasteiger partial charge in [-0.05, 0) is 37.1 Å². The van der Waals surface area contributed by atoms with E-state index in [0.29, 0.717) is 11.5 Å². The summed E-state index contributed by atoms with van der Waals surface area (Å²) in [6.07, 6.45) is 4.31. The van der Waals surface area contributed by atoms with Gasteiger partial charge in [0.25, 0.3) is 0 Å². The minimum atomic E-state index is 0.450. The molecule has 2 rings (SSSR count). The van der Waals surface area contributed by atoms with Crippen molar-refractivity contribution in [2.24, 2.45) is 17.1 Å². The van der Waals surface area contributed by atoms with Gasteiger partial charge in [0.2, 0.25) is 0 Å². The summed E-state index contributed by atoms with van der Waals surface area (Å²) in [6, 6.07) is 0. The van der Waals surface area contributed by atoms with Crippen molar-refractivity contribution in [1.29, 1.82) is 0 Å². The van der Waals surface area contributed by atoms with E-state index in [1.165, 1.54) is 19.3 Å². The van der Waals surface area contributed by atoms with E-state index in [9.17, 15) is 0 Å².